The molecule has 1 amide bonds. The number of halogens is 2. The number of aryl methyl sites for hydroxylation is 1. The van der Waals surface area contributed by atoms with Gasteiger partial charge < -0.3 is 5.73 Å². The highest BCUT2D eigenvalue weighted by molar-refractivity contribution is 6.33. The summed E-state index contributed by atoms with van der Waals surface area (Å²) in [5, 5.41) is 18.4. The van der Waals surface area contributed by atoms with E-state index in [1.165, 1.54) is 18.2 Å². The Morgan fingerprint density at radius 2 is 2.28 bits per heavy atom. The summed E-state index contributed by atoms with van der Waals surface area (Å²) in [5.41, 5.74) is 8.17. The largest absolute Gasteiger partial charge is 0.378 e. The standard InChI is InChI=1S/C13H10ClFN8O2/c1-6-10(23(22-18-6)12-11(16)20-25-21-12)13(24)19-17-5-7-8(14)3-2-4-9(7)15/h2-5H,1H3,(H2,16,20)(H,19,24)/b17-5+. The SMILES string of the molecule is Cc1nnn(-c2nonc2N)c1C(=O)N/N=C/c1c(F)cccc1Cl. The molecule has 12 heteroatoms. The van der Waals surface area contributed by atoms with Crippen molar-refractivity contribution in [2.24, 2.45) is 5.10 Å². The Morgan fingerprint density at radius 1 is 1.48 bits per heavy atom. The summed E-state index contributed by atoms with van der Waals surface area (Å²) >= 11 is 5.87. The zero-order valence-electron chi connectivity index (χ0n) is 12.6. The molecule has 3 N–H and O–H groups in total. The van der Waals surface area contributed by atoms with Crippen LogP contribution < -0.4 is 11.2 Å². The van der Waals surface area contributed by atoms with Gasteiger partial charge in [-0.25, -0.2) is 14.4 Å². The van der Waals surface area contributed by atoms with Crippen molar-refractivity contribution in [1.82, 2.24) is 30.7 Å². The number of nitrogen functional groups attached to an aromatic ring is 1. The minimum atomic E-state index is -0.673. The Hall–Kier alpha value is -3.34. The first kappa shape index (κ1) is 16.5. The average molecular weight is 365 g/mol. The van der Waals surface area contributed by atoms with E-state index in [4.69, 9.17) is 17.3 Å². The number of amides is 1. The summed E-state index contributed by atoms with van der Waals surface area (Å²) in [7, 11) is 0. The quantitative estimate of drug-likeness (QED) is 0.522. The lowest BCUT2D eigenvalue weighted by atomic mass is 10.2. The second-order valence-corrected chi connectivity index (χ2v) is 5.15. The van der Waals surface area contributed by atoms with E-state index in [0.29, 0.717) is 5.69 Å². The number of carbonyl (C=O) groups excluding carboxylic acids is 1. The van der Waals surface area contributed by atoms with E-state index < -0.39 is 11.7 Å². The van der Waals surface area contributed by atoms with Gasteiger partial charge in [0, 0.05) is 5.56 Å². The Bertz CT molecular complexity index is 947. The minimum Gasteiger partial charge on any atom is -0.378 e. The van der Waals surface area contributed by atoms with Crippen molar-refractivity contribution in [3.8, 4) is 5.82 Å². The molecule has 0 spiro atoms. The predicted molar refractivity (Wildman–Crippen MR) is 84.8 cm³/mol. The van der Waals surface area contributed by atoms with Gasteiger partial charge in [0.2, 0.25) is 11.6 Å². The van der Waals surface area contributed by atoms with Crippen molar-refractivity contribution in [2.75, 3.05) is 5.73 Å². The first-order chi connectivity index (χ1) is 12.0. The van der Waals surface area contributed by atoms with E-state index in [1.807, 2.05) is 0 Å². The lowest BCUT2D eigenvalue weighted by molar-refractivity contribution is 0.0946. The molecule has 25 heavy (non-hydrogen) atoms. The maximum atomic E-state index is 13.7. The second-order valence-electron chi connectivity index (χ2n) is 4.74. The van der Waals surface area contributed by atoms with Gasteiger partial charge in [0.1, 0.15) is 5.82 Å². The minimum absolute atomic E-state index is 0.00637. The van der Waals surface area contributed by atoms with Gasteiger partial charge in [0.05, 0.1) is 16.9 Å². The molecule has 1 aromatic carbocycles. The maximum absolute atomic E-state index is 13.7. The number of nitrogens with one attached hydrogen (secondary N) is 1. The van der Waals surface area contributed by atoms with Crippen LogP contribution in [0.5, 0.6) is 0 Å². The number of hydrazone groups is 1. The molecule has 3 rings (SSSR count). The van der Waals surface area contributed by atoms with Crippen LogP contribution in [-0.4, -0.2) is 37.4 Å². The van der Waals surface area contributed by atoms with E-state index in [9.17, 15) is 9.18 Å². The molecule has 0 radical (unpaired) electrons. The molecule has 0 unspecified atom stereocenters. The average Bonchev–Trinajstić information content (AvgIpc) is 3.15. The molecule has 10 nitrogen and oxygen atoms in total. The number of nitrogens with two attached hydrogens (primary N) is 1. The van der Waals surface area contributed by atoms with E-state index in [2.05, 4.69) is 35.8 Å². The number of benzene rings is 1. The van der Waals surface area contributed by atoms with Gasteiger partial charge in [0.25, 0.3) is 5.91 Å². The lowest BCUT2D eigenvalue weighted by Gasteiger charge is -2.03. The molecule has 0 aliphatic carbocycles. The van der Waals surface area contributed by atoms with Crippen LogP contribution >= 0.6 is 11.6 Å². The molecule has 0 saturated heterocycles. The van der Waals surface area contributed by atoms with Gasteiger partial charge in [-0.2, -0.15) is 9.78 Å². The van der Waals surface area contributed by atoms with E-state index in [1.54, 1.807) is 6.92 Å². The number of hydrogen-bond donors (Lipinski definition) is 2. The summed E-state index contributed by atoms with van der Waals surface area (Å²) in [4.78, 5) is 12.3. The van der Waals surface area contributed by atoms with Crippen LogP contribution in [0.2, 0.25) is 5.02 Å². The molecule has 3 aromatic rings. The zero-order chi connectivity index (χ0) is 18.0. The number of rotatable bonds is 4. The Labute approximate surface area is 144 Å². The fraction of sp³-hybridized carbons (Fsp3) is 0.0769. The molecular weight excluding hydrogens is 355 g/mol. The van der Waals surface area contributed by atoms with Gasteiger partial charge in [0.15, 0.2) is 5.69 Å². The number of carbonyl (C=O) groups is 1. The molecule has 0 saturated carbocycles. The van der Waals surface area contributed by atoms with Crippen molar-refractivity contribution in [3.63, 3.8) is 0 Å². The van der Waals surface area contributed by atoms with Gasteiger partial charge in [-0.15, -0.1) is 5.10 Å². The number of nitrogens with zero attached hydrogens (tertiary/aromatic N) is 6. The van der Waals surface area contributed by atoms with Gasteiger partial charge in [-0.1, -0.05) is 22.9 Å². The van der Waals surface area contributed by atoms with Crippen molar-refractivity contribution in [1.29, 1.82) is 0 Å². The molecule has 0 bridgehead atoms. The van der Waals surface area contributed by atoms with Gasteiger partial charge in [-0.3, -0.25) is 4.79 Å². The summed E-state index contributed by atoms with van der Waals surface area (Å²) in [6.07, 6.45) is 1.09. The fourth-order valence-corrected chi connectivity index (χ4v) is 2.16. The highest BCUT2D eigenvalue weighted by Gasteiger charge is 2.22. The molecular formula is C13H10ClFN8O2. The Morgan fingerprint density at radius 3 is 2.96 bits per heavy atom. The van der Waals surface area contributed by atoms with Gasteiger partial charge in [-0.05, 0) is 29.4 Å². The summed E-state index contributed by atoms with van der Waals surface area (Å²) in [6, 6.07) is 4.17. The molecule has 0 aliphatic heterocycles. The maximum Gasteiger partial charge on any atom is 0.292 e. The second kappa shape index (κ2) is 6.65. The highest BCUT2D eigenvalue weighted by Crippen LogP contribution is 2.17. The summed E-state index contributed by atoms with van der Waals surface area (Å²) < 4.78 is 19.2. The van der Waals surface area contributed by atoms with Crippen LogP contribution in [0, 0.1) is 12.7 Å². The van der Waals surface area contributed by atoms with Crippen LogP contribution in [-0.2, 0) is 0 Å². The number of aromatic nitrogens is 5. The normalized spacial score (nSPS) is 11.2. The van der Waals surface area contributed by atoms with Crippen LogP contribution in [0.25, 0.3) is 5.82 Å². The van der Waals surface area contributed by atoms with Crippen LogP contribution in [0.4, 0.5) is 10.2 Å². The van der Waals surface area contributed by atoms with Crippen molar-refractivity contribution < 1.29 is 13.8 Å². The van der Waals surface area contributed by atoms with Crippen molar-refractivity contribution >= 4 is 29.5 Å². The fourth-order valence-electron chi connectivity index (χ4n) is 1.95. The third kappa shape index (κ3) is 3.17. The van der Waals surface area contributed by atoms with E-state index in [0.717, 1.165) is 10.9 Å². The first-order valence-corrected chi connectivity index (χ1v) is 7.15. The van der Waals surface area contributed by atoms with E-state index >= 15 is 0 Å². The third-order valence-electron chi connectivity index (χ3n) is 3.11. The summed E-state index contributed by atoms with van der Waals surface area (Å²) in [6.45, 7) is 1.56. The van der Waals surface area contributed by atoms with Gasteiger partial charge >= 0.3 is 0 Å². The summed E-state index contributed by atoms with van der Waals surface area (Å²) in [5.74, 6) is -1.31. The predicted octanol–water partition coefficient (Wildman–Crippen LogP) is 1.10. The molecule has 0 atom stereocenters. The Kier molecular flexibility index (Phi) is 4.39. The van der Waals surface area contributed by atoms with Crippen LogP contribution in [0.3, 0.4) is 0 Å². The molecule has 2 heterocycles. The number of anilines is 1. The van der Waals surface area contributed by atoms with Crippen molar-refractivity contribution in [3.05, 3.63) is 46.0 Å². The van der Waals surface area contributed by atoms with Crippen molar-refractivity contribution in [2.45, 2.75) is 6.92 Å². The lowest BCUT2D eigenvalue weighted by Crippen LogP contribution is -2.23. The topological polar surface area (TPSA) is 137 Å². The number of hydrogen-bond acceptors (Lipinski definition) is 8. The molecule has 128 valence electrons. The Balaban J connectivity index is 1.84. The zero-order valence-corrected chi connectivity index (χ0v) is 13.4. The molecule has 2 aromatic heterocycles. The van der Waals surface area contributed by atoms with E-state index in [-0.39, 0.29) is 27.9 Å². The molecule has 0 aliphatic rings. The van der Waals surface area contributed by atoms with Crippen LogP contribution in [0.15, 0.2) is 27.9 Å². The smallest absolute Gasteiger partial charge is 0.292 e. The van der Waals surface area contributed by atoms with Crippen LogP contribution in [0.1, 0.15) is 21.7 Å². The third-order valence-corrected chi connectivity index (χ3v) is 3.44. The highest BCUT2D eigenvalue weighted by atomic mass is 35.5. The monoisotopic (exact) mass is 364 g/mol. The first-order valence-electron chi connectivity index (χ1n) is 6.77. The molecule has 0 fully saturated rings.